The molecule has 5 nitrogen and oxygen atoms in total. The molecular formula is C15H24N2O3S. The molecule has 6 heteroatoms. The van der Waals surface area contributed by atoms with Crippen LogP contribution >= 0.6 is 0 Å². The van der Waals surface area contributed by atoms with E-state index in [1.54, 1.807) is 0 Å². The summed E-state index contributed by atoms with van der Waals surface area (Å²) in [5, 5.41) is 0. The molecule has 3 N–H and O–H groups in total. The predicted octanol–water partition coefficient (Wildman–Crippen LogP) is 1.52. The molecule has 0 aliphatic carbocycles. The van der Waals surface area contributed by atoms with Crippen molar-refractivity contribution < 1.29 is 13.2 Å². The van der Waals surface area contributed by atoms with E-state index in [1.807, 2.05) is 24.3 Å². The molecule has 1 aromatic rings. The highest BCUT2D eigenvalue weighted by molar-refractivity contribution is 7.88. The first-order valence-electron chi connectivity index (χ1n) is 7.46. The van der Waals surface area contributed by atoms with E-state index in [2.05, 4.69) is 4.72 Å². The number of ether oxygens (including phenoxy) is 1. The molecule has 0 spiro atoms. The monoisotopic (exact) mass is 312 g/mol. The van der Waals surface area contributed by atoms with E-state index in [0.29, 0.717) is 13.1 Å². The number of benzene rings is 1. The van der Waals surface area contributed by atoms with Gasteiger partial charge in [-0.25, -0.2) is 13.1 Å². The summed E-state index contributed by atoms with van der Waals surface area (Å²) in [7, 11) is -3.31. The van der Waals surface area contributed by atoms with Gasteiger partial charge in [0.2, 0.25) is 10.0 Å². The second kappa shape index (κ2) is 7.89. The lowest BCUT2D eigenvalue weighted by molar-refractivity contribution is 0.0123. The molecule has 1 atom stereocenters. The zero-order valence-corrected chi connectivity index (χ0v) is 13.1. The maximum atomic E-state index is 12.1. The molecule has 0 aromatic heterocycles. The van der Waals surface area contributed by atoms with Gasteiger partial charge in [-0.3, -0.25) is 0 Å². The fourth-order valence-electron chi connectivity index (χ4n) is 2.53. The normalized spacial score (nSPS) is 19.6. The van der Waals surface area contributed by atoms with E-state index >= 15 is 0 Å². The van der Waals surface area contributed by atoms with Crippen LogP contribution in [0, 0.1) is 0 Å². The zero-order valence-electron chi connectivity index (χ0n) is 12.3. The molecule has 0 amide bonds. The Hall–Kier alpha value is -0.950. The van der Waals surface area contributed by atoms with Gasteiger partial charge in [0.15, 0.2) is 0 Å². The van der Waals surface area contributed by atoms with E-state index < -0.39 is 10.0 Å². The molecule has 0 saturated carbocycles. The summed E-state index contributed by atoms with van der Waals surface area (Å²) in [6.07, 6.45) is 4.24. The average Bonchev–Trinajstić information content (AvgIpc) is 2.48. The van der Waals surface area contributed by atoms with Gasteiger partial charge in [-0.2, -0.15) is 0 Å². The molecule has 1 aromatic carbocycles. The van der Waals surface area contributed by atoms with Crippen molar-refractivity contribution in [3.63, 3.8) is 0 Å². The SMILES string of the molecule is NCc1cccc(CS(=O)(=O)NCCC2CCCCO2)c1. The van der Waals surface area contributed by atoms with Gasteiger partial charge < -0.3 is 10.5 Å². The standard InChI is InChI=1S/C15H24N2O3S/c16-11-13-4-3-5-14(10-13)12-21(18,19)17-8-7-15-6-1-2-9-20-15/h3-5,10,15,17H,1-2,6-9,11-12,16H2. The molecule has 2 rings (SSSR count). The Labute approximate surface area is 126 Å². The smallest absolute Gasteiger partial charge is 0.215 e. The lowest BCUT2D eigenvalue weighted by atomic mass is 10.1. The molecule has 1 unspecified atom stereocenters. The third-order valence-electron chi connectivity index (χ3n) is 3.65. The Kier molecular flexibility index (Phi) is 6.17. The van der Waals surface area contributed by atoms with E-state index in [9.17, 15) is 8.42 Å². The van der Waals surface area contributed by atoms with E-state index in [-0.39, 0.29) is 11.9 Å². The highest BCUT2D eigenvalue weighted by atomic mass is 32.2. The first kappa shape index (κ1) is 16.4. The topological polar surface area (TPSA) is 81.4 Å². The Balaban J connectivity index is 1.80. The van der Waals surface area contributed by atoms with Gasteiger partial charge in [-0.15, -0.1) is 0 Å². The summed E-state index contributed by atoms with van der Waals surface area (Å²) >= 11 is 0. The first-order chi connectivity index (χ1) is 10.1. The fraction of sp³-hybridized carbons (Fsp3) is 0.600. The summed E-state index contributed by atoms with van der Waals surface area (Å²) in [6.45, 7) is 1.65. The molecule has 1 aliphatic rings. The van der Waals surface area contributed by atoms with Crippen LogP contribution in [0.1, 0.15) is 36.8 Å². The number of hydrogen-bond acceptors (Lipinski definition) is 4. The highest BCUT2D eigenvalue weighted by Crippen LogP contribution is 2.15. The lowest BCUT2D eigenvalue weighted by Gasteiger charge is -2.22. The van der Waals surface area contributed by atoms with Crippen molar-refractivity contribution in [1.29, 1.82) is 0 Å². The van der Waals surface area contributed by atoms with Crippen LogP contribution in [0.4, 0.5) is 0 Å². The van der Waals surface area contributed by atoms with Gasteiger partial charge in [0.25, 0.3) is 0 Å². The molecule has 0 bridgehead atoms. The fourth-order valence-corrected chi connectivity index (χ4v) is 3.68. The maximum absolute atomic E-state index is 12.1. The predicted molar refractivity (Wildman–Crippen MR) is 83.2 cm³/mol. The first-order valence-corrected chi connectivity index (χ1v) is 9.11. The number of nitrogens with one attached hydrogen (secondary N) is 1. The van der Waals surface area contributed by atoms with Crippen LogP contribution in [-0.2, 0) is 27.1 Å². The summed E-state index contributed by atoms with van der Waals surface area (Å²) in [6, 6.07) is 7.37. The van der Waals surface area contributed by atoms with Crippen molar-refractivity contribution in [3.8, 4) is 0 Å². The third-order valence-corrected chi connectivity index (χ3v) is 5.00. The van der Waals surface area contributed by atoms with Crippen molar-refractivity contribution >= 4 is 10.0 Å². The van der Waals surface area contributed by atoms with Crippen molar-refractivity contribution in [2.24, 2.45) is 5.73 Å². The molecule has 1 heterocycles. The van der Waals surface area contributed by atoms with Crippen LogP contribution in [0.2, 0.25) is 0 Å². The molecule has 1 aliphatic heterocycles. The van der Waals surface area contributed by atoms with Crippen LogP contribution in [0.3, 0.4) is 0 Å². The average molecular weight is 312 g/mol. The molecular weight excluding hydrogens is 288 g/mol. The largest absolute Gasteiger partial charge is 0.378 e. The molecule has 0 radical (unpaired) electrons. The van der Waals surface area contributed by atoms with E-state index in [1.165, 1.54) is 6.42 Å². The molecule has 1 saturated heterocycles. The van der Waals surface area contributed by atoms with Crippen molar-refractivity contribution in [2.75, 3.05) is 13.2 Å². The number of sulfonamides is 1. The van der Waals surface area contributed by atoms with E-state index in [0.717, 1.165) is 37.0 Å². The van der Waals surface area contributed by atoms with Gasteiger partial charge in [0, 0.05) is 19.7 Å². The van der Waals surface area contributed by atoms with Crippen LogP contribution in [0.15, 0.2) is 24.3 Å². The van der Waals surface area contributed by atoms with Gasteiger partial charge >= 0.3 is 0 Å². The summed E-state index contributed by atoms with van der Waals surface area (Å²) in [5.74, 6) is -0.00758. The Bertz CT molecular complexity index is 540. The minimum atomic E-state index is -3.31. The second-order valence-electron chi connectivity index (χ2n) is 5.45. The lowest BCUT2D eigenvalue weighted by Crippen LogP contribution is -2.30. The summed E-state index contributed by atoms with van der Waals surface area (Å²) in [5.41, 5.74) is 7.27. The quantitative estimate of drug-likeness (QED) is 0.800. The Morgan fingerprint density at radius 2 is 2.10 bits per heavy atom. The Morgan fingerprint density at radius 3 is 2.81 bits per heavy atom. The highest BCUT2D eigenvalue weighted by Gasteiger charge is 2.16. The maximum Gasteiger partial charge on any atom is 0.215 e. The minimum absolute atomic E-state index is 0.00758. The zero-order chi connectivity index (χ0) is 15.1. The van der Waals surface area contributed by atoms with Crippen LogP contribution < -0.4 is 10.5 Å². The van der Waals surface area contributed by atoms with Gasteiger partial charge in [-0.1, -0.05) is 24.3 Å². The van der Waals surface area contributed by atoms with Gasteiger partial charge in [-0.05, 0) is 36.8 Å². The number of rotatable bonds is 7. The van der Waals surface area contributed by atoms with Crippen molar-refractivity contribution in [3.05, 3.63) is 35.4 Å². The second-order valence-corrected chi connectivity index (χ2v) is 7.26. The summed E-state index contributed by atoms with van der Waals surface area (Å²) < 4.78 is 32.4. The van der Waals surface area contributed by atoms with Gasteiger partial charge in [0.1, 0.15) is 0 Å². The van der Waals surface area contributed by atoms with Crippen LogP contribution in [0.5, 0.6) is 0 Å². The Morgan fingerprint density at radius 1 is 1.29 bits per heavy atom. The summed E-state index contributed by atoms with van der Waals surface area (Å²) in [4.78, 5) is 0. The third kappa shape index (κ3) is 5.74. The number of hydrogen-bond donors (Lipinski definition) is 2. The molecule has 21 heavy (non-hydrogen) atoms. The van der Waals surface area contributed by atoms with E-state index in [4.69, 9.17) is 10.5 Å². The van der Waals surface area contributed by atoms with Crippen LogP contribution in [0.25, 0.3) is 0 Å². The minimum Gasteiger partial charge on any atom is -0.378 e. The molecule has 118 valence electrons. The van der Waals surface area contributed by atoms with Crippen LogP contribution in [-0.4, -0.2) is 27.7 Å². The molecule has 1 fully saturated rings. The number of nitrogens with two attached hydrogens (primary N) is 1. The van der Waals surface area contributed by atoms with Crippen molar-refractivity contribution in [1.82, 2.24) is 4.72 Å². The van der Waals surface area contributed by atoms with Gasteiger partial charge in [0.05, 0.1) is 11.9 Å². The van der Waals surface area contributed by atoms with Crippen molar-refractivity contribution in [2.45, 2.75) is 44.1 Å².